The molecule has 0 saturated heterocycles. The van der Waals surface area contributed by atoms with Gasteiger partial charge in [0.1, 0.15) is 0 Å². The number of pyridine rings is 1. The van der Waals surface area contributed by atoms with Gasteiger partial charge in [0.2, 0.25) is 0 Å². The Morgan fingerprint density at radius 2 is 2.36 bits per heavy atom. The minimum Gasteiger partial charge on any atom is -0.466 e. The summed E-state index contributed by atoms with van der Waals surface area (Å²) < 4.78 is 5.17. The van der Waals surface area contributed by atoms with Gasteiger partial charge in [-0.25, -0.2) is 0 Å². The van der Waals surface area contributed by atoms with Crippen molar-refractivity contribution in [3.05, 3.63) is 30.1 Å². The van der Waals surface area contributed by atoms with Gasteiger partial charge >= 0.3 is 5.97 Å². The maximum absolute atomic E-state index is 11.0. The molecular formula is C17H24N2O2S. The van der Waals surface area contributed by atoms with Crippen LogP contribution >= 0.6 is 12.2 Å². The third kappa shape index (κ3) is 3.46. The van der Waals surface area contributed by atoms with Crippen molar-refractivity contribution >= 4 is 23.2 Å². The second-order valence-corrected chi connectivity index (χ2v) is 6.27. The summed E-state index contributed by atoms with van der Waals surface area (Å²) in [6, 6.07) is 4.08. The molecule has 1 aromatic heterocycles. The maximum atomic E-state index is 11.0. The molecule has 0 aliphatic heterocycles. The van der Waals surface area contributed by atoms with E-state index in [9.17, 15) is 4.79 Å². The summed E-state index contributed by atoms with van der Waals surface area (Å²) >= 11 is 5.70. The fourth-order valence-electron chi connectivity index (χ4n) is 3.64. The molecule has 1 fully saturated rings. The van der Waals surface area contributed by atoms with E-state index in [1.165, 1.54) is 18.9 Å². The quantitative estimate of drug-likeness (QED) is 0.667. The summed E-state index contributed by atoms with van der Waals surface area (Å²) in [6.07, 6.45) is 9.00. The lowest BCUT2D eigenvalue weighted by atomic mass is 9.61. The predicted octanol–water partition coefficient (Wildman–Crippen LogP) is 3.01. The zero-order chi connectivity index (χ0) is 16.0. The van der Waals surface area contributed by atoms with Crippen LogP contribution in [0, 0.1) is 5.92 Å². The van der Waals surface area contributed by atoms with Crippen LogP contribution in [0.5, 0.6) is 0 Å². The Hall–Kier alpha value is -1.49. The summed E-state index contributed by atoms with van der Waals surface area (Å²) in [7, 11) is 1.89. The number of rotatable bonds is 5. The first kappa shape index (κ1) is 16.9. The summed E-state index contributed by atoms with van der Waals surface area (Å²) in [4.78, 5) is 16.2. The highest BCUT2D eigenvalue weighted by molar-refractivity contribution is 7.80. The van der Waals surface area contributed by atoms with Crippen molar-refractivity contribution in [1.82, 2.24) is 10.3 Å². The molecule has 2 atom stereocenters. The van der Waals surface area contributed by atoms with Crippen LogP contribution in [0.2, 0.25) is 0 Å². The molecule has 1 aromatic rings. The number of hydrogen-bond acceptors (Lipinski definition) is 4. The first-order valence-corrected chi connectivity index (χ1v) is 8.28. The summed E-state index contributed by atoms with van der Waals surface area (Å²) in [5, 5.41) is 3.20. The third-order valence-corrected chi connectivity index (χ3v) is 5.22. The number of nitrogens with one attached hydrogen (secondary N) is 1. The van der Waals surface area contributed by atoms with E-state index in [2.05, 4.69) is 16.4 Å². The van der Waals surface area contributed by atoms with Gasteiger partial charge in [-0.2, -0.15) is 0 Å². The van der Waals surface area contributed by atoms with Crippen LogP contribution in [0.3, 0.4) is 0 Å². The van der Waals surface area contributed by atoms with Gasteiger partial charge in [-0.3, -0.25) is 9.78 Å². The van der Waals surface area contributed by atoms with Crippen molar-refractivity contribution in [3.8, 4) is 0 Å². The highest BCUT2D eigenvalue weighted by atomic mass is 32.1. The van der Waals surface area contributed by atoms with E-state index in [0.717, 1.165) is 30.7 Å². The van der Waals surface area contributed by atoms with Gasteiger partial charge in [0.05, 0.1) is 11.6 Å². The molecule has 1 aliphatic carbocycles. The van der Waals surface area contributed by atoms with Crippen molar-refractivity contribution in [1.29, 1.82) is 0 Å². The van der Waals surface area contributed by atoms with Crippen molar-refractivity contribution in [2.45, 2.75) is 44.4 Å². The highest BCUT2D eigenvalue weighted by Gasteiger charge is 2.45. The van der Waals surface area contributed by atoms with Gasteiger partial charge in [0.25, 0.3) is 0 Å². The average molecular weight is 320 g/mol. The van der Waals surface area contributed by atoms with Crippen LogP contribution in [0.25, 0.3) is 0 Å². The summed E-state index contributed by atoms with van der Waals surface area (Å²) in [6.45, 7) is 1.90. The van der Waals surface area contributed by atoms with Gasteiger partial charge in [-0.05, 0) is 36.8 Å². The van der Waals surface area contributed by atoms with Gasteiger partial charge in [-0.15, -0.1) is 0 Å². The molecule has 4 nitrogen and oxygen atoms in total. The van der Waals surface area contributed by atoms with Crippen LogP contribution in [0.15, 0.2) is 24.5 Å². The minimum absolute atomic E-state index is 0.198. The molecule has 0 unspecified atom stereocenters. The number of carbonyl (C=O) groups excluding carboxylic acids is 1. The highest BCUT2D eigenvalue weighted by Crippen LogP contribution is 2.46. The molecule has 1 saturated carbocycles. The lowest BCUT2D eigenvalue weighted by molar-refractivity contribution is -0.141. The van der Waals surface area contributed by atoms with Crippen molar-refractivity contribution < 1.29 is 9.53 Å². The molecule has 5 heteroatoms. The average Bonchev–Trinajstić information content (AvgIpc) is 2.55. The van der Waals surface area contributed by atoms with E-state index in [4.69, 9.17) is 17.0 Å². The zero-order valence-corrected chi connectivity index (χ0v) is 14.1. The van der Waals surface area contributed by atoms with Gasteiger partial charge in [0, 0.05) is 31.8 Å². The van der Waals surface area contributed by atoms with Crippen molar-refractivity contribution in [2.75, 3.05) is 13.7 Å². The standard InChI is InChI=1S/C17H24N2O2S/c1-13(20)21-11-8-14-6-3-4-9-17(14,16(22)18-2)15-7-5-10-19-12-15/h5,7,10,12,14H,3-4,6,8-9,11H2,1-2H3,(H,18,22)/t14-,17+/m1/s1. The Morgan fingerprint density at radius 3 is 3.00 bits per heavy atom. The van der Waals surface area contributed by atoms with E-state index in [0.29, 0.717) is 12.5 Å². The van der Waals surface area contributed by atoms with Crippen LogP contribution in [-0.4, -0.2) is 29.6 Å². The van der Waals surface area contributed by atoms with Crippen molar-refractivity contribution in [3.63, 3.8) is 0 Å². The number of nitrogens with zero attached hydrogens (tertiary/aromatic N) is 1. The minimum atomic E-state index is -0.223. The largest absolute Gasteiger partial charge is 0.466 e. The van der Waals surface area contributed by atoms with E-state index >= 15 is 0 Å². The normalized spacial score (nSPS) is 24.5. The van der Waals surface area contributed by atoms with E-state index in [1.54, 1.807) is 6.20 Å². The third-order valence-electron chi connectivity index (χ3n) is 4.65. The lowest BCUT2D eigenvalue weighted by Crippen LogP contribution is -2.49. The number of esters is 1. The molecule has 0 bridgehead atoms. The van der Waals surface area contributed by atoms with Crippen molar-refractivity contribution in [2.24, 2.45) is 5.92 Å². The summed E-state index contributed by atoms with van der Waals surface area (Å²) in [5.74, 6) is 0.142. The Labute approximate surface area is 137 Å². The molecule has 0 aromatic carbocycles. The van der Waals surface area contributed by atoms with Crippen LogP contribution in [-0.2, 0) is 14.9 Å². The Balaban J connectivity index is 2.31. The van der Waals surface area contributed by atoms with E-state index in [1.807, 2.05) is 19.3 Å². The van der Waals surface area contributed by atoms with Gasteiger partial charge in [0.15, 0.2) is 0 Å². The molecule has 1 aliphatic rings. The fourth-order valence-corrected chi connectivity index (χ4v) is 4.03. The second-order valence-electron chi connectivity index (χ2n) is 5.86. The number of thiocarbonyl (C=S) groups is 1. The smallest absolute Gasteiger partial charge is 0.302 e. The fraction of sp³-hybridized carbons (Fsp3) is 0.588. The molecule has 120 valence electrons. The lowest BCUT2D eigenvalue weighted by Gasteiger charge is -2.45. The first-order valence-electron chi connectivity index (χ1n) is 7.87. The Kier molecular flexibility index (Phi) is 5.89. The first-order chi connectivity index (χ1) is 10.6. The molecule has 1 heterocycles. The molecule has 1 N–H and O–H groups in total. The number of carbonyl (C=O) groups is 1. The second kappa shape index (κ2) is 7.68. The number of aromatic nitrogens is 1. The maximum Gasteiger partial charge on any atom is 0.302 e. The molecule has 0 amide bonds. The number of hydrogen-bond donors (Lipinski definition) is 1. The van der Waals surface area contributed by atoms with E-state index < -0.39 is 0 Å². The molecule has 0 spiro atoms. The SMILES string of the molecule is CNC(=S)[C@@]1(c2cccnc2)CCCC[C@@H]1CCOC(C)=O. The van der Waals surface area contributed by atoms with E-state index in [-0.39, 0.29) is 11.4 Å². The van der Waals surface area contributed by atoms with Gasteiger partial charge in [-0.1, -0.05) is 31.1 Å². The summed E-state index contributed by atoms with van der Waals surface area (Å²) in [5.41, 5.74) is 0.971. The zero-order valence-electron chi connectivity index (χ0n) is 13.3. The Bertz CT molecular complexity index is 521. The molecule has 2 rings (SSSR count). The number of ether oxygens (including phenoxy) is 1. The van der Waals surface area contributed by atoms with Crippen LogP contribution in [0.1, 0.15) is 44.6 Å². The topological polar surface area (TPSA) is 51.2 Å². The molecular weight excluding hydrogens is 296 g/mol. The predicted molar refractivity (Wildman–Crippen MR) is 90.8 cm³/mol. The van der Waals surface area contributed by atoms with Gasteiger partial charge < -0.3 is 10.1 Å². The molecule has 0 radical (unpaired) electrons. The Morgan fingerprint density at radius 1 is 1.55 bits per heavy atom. The van der Waals surface area contributed by atoms with Crippen LogP contribution < -0.4 is 5.32 Å². The monoisotopic (exact) mass is 320 g/mol. The number of likely N-dealkylation sites (N-methyl/N-ethyl adjacent to an activating group) is 1. The van der Waals surface area contributed by atoms with Crippen LogP contribution in [0.4, 0.5) is 0 Å². The molecule has 22 heavy (non-hydrogen) atoms.